The van der Waals surface area contributed by atoms with Gasteiger partial charge in [0.15, 0.2) is 9.84 Å². The number of hydrogen-bond donors (Lipinski definition) is 0. The zero-order chi connectivity index (χ0) is 14.0. The zero-order valence-corrected chi connectivity index (χ0v) is 12.8. The van der Waals surface area contributed by atoms with Crippen molar-refractivity contribution in [1.29, 1.82) is 0 Å². The lowest BCUT2D eigenvalue weighted by Crippen LogP contribution is -2.15. The molecule has 0 amide bonds. The first kappa shape index (κ1) is 14.6. The predicted octanol–water partition coefficient (Wildman–Crippen LogP) is 2.86. The quantitative estimate of drug-likeness (QED) is 0.796. The van der Waals surface area contributed by atoms with Crippen molar-refractivity contribution in [3.63, 3.8) is 0 Å². The molecule has 0 saturated heterocycles. The molecule has 0 radical (unpaired) electrons. The summed E-state index contributed by atoms with van der Waals surface area (Å²) in [4.78, 5) is 4.36. The molecule has 0 bridgehead atoms. The van der Waals surface area contributed by atoms with Crippen LogP contribution in [-0.4, -0.2) is 29.5 Å². The minimum atomic E-state index is -3.02. The maximum atomic E-state index is 11.6. The molecule has 0 aliphatic carbocycles. The van der Waals surface area contributed by atoms with E-state index in [0.29, 0.717) is 22.9 Å². The van der Waals surface area contributed by atoms with Crippen molar-refractivity contribution in [3.05, 3.63) is 29.0 Å². The van der Waals surface area contributed by atoms with Gasteiger partial charge in [0.2, 0.25) is 0 Å². The summed E-state index contributed by atoms with van der Waals surface area (Å²) in [5, 5.41) is 0.543. The lowest BCUT2D eigenvalue weighted by atomic mass is 10.3. The summed E-state index contributed by atoms with van der Waals surface area (Å²) in [5.74, 6) is 1.06. The fourth-order valence-electron chi connectivity index (χ4n) is 1.89. The highest BCUT2D eigenvalue weighted by Crippen LogP contribution is 2.24. The Kier molecular flexibility index (Phi) is 4.38. The molecule has 0 aliphatic heterocycles. The first-order valence-corrected chi connectivity index (χ1v) is 8.62. The van der Waals surface area contributed by atoms with Gasteiger partial charge in [0, 0.05) is 12.3 Å². The lowest BCUT2D eigenvalue weighted by Gasteiger charge is -2.07. The Morgan fingerprint density at radius 3 is 2.74 bits per heavy atom. The molecular formula is C12H14Cl2N2O2S. The van der Waals surface area contributed by atoms with Gasteiger partial charge < -0.3 is 4.57 Å². The largest absolute Gasteiger partial charge is 0.326 e. The number of sulfone groups is 1. The van der Waals surface area contributed by atoms with Crippen LogP contribution in [-0.2, 0) is 22.3 Å². The van der Waals surface area contributed by atoms with Crippen LogP contribution in [0.1, 0.15) is 12.7 Å². The SMILES string of the molecule is CCS(=O)(=O)CCn1c(CCl)nc2c(Cl)cccc21. The van der Waals surface area contributed by atoms with Gasteiger partial charge in [-0.3, -0.25) is 0 Å². The highest BCUT2D eigenvalue weighted by Gasteiger charge is 2.14. The van der Waals surface area contributed by atoms with E-state index in [4.69, 9.17) is 23.2 Å². The highest BCUT2D eigenvalue weighted by atomic mass is 35.5. The van der Waals surface area contributed by atoms with E-state index in [1.807, 2.05) is 16.7 Å². The first-order valence-electron chi connectivity index (χ1n) is 5.88. The predicted molar refractivity (Wildman–Crippen MR) is 78.6 cm³/mol. The average Bonchev–Trinajstić information content (AvgIpc) is 2.76. The maximum Gasteiger partial charge on any atom is 0.151 e. The molecule has 19 heavy (non-hydrogen) atoms. The molecule has 0 fully saturated rings. The molecule has 0 N–H and O–H groups in total. The van der Waals surface area contributed by atoms with Gasteiger partial charge in [-0.25, -0.2) is 13.4 Å². The second kappa shape index (κ2) is 5.69. The number of imidazole rings is 1. The van der Waals surface area contributed by atoms with E-state index in [1.54, 1.807) is 13.0 Å². The Hall–Kier alpha value is -0.780. The molecule has 1 heterocycles. The summed E-state index contributed by atoms with van der Waals surface area (Å²) in [7, 11) is -3.02. The van der Waals surface area contributed by atoms with Crippen molar-refractivity contribution >= 4 is 44.1 Å². The smallest absolute Gasteiger partial charge is 0.151 e. The van der Waals surface area contributed by atoms with E-state index < -0.39 is 9.84 Å². The number of nitrogens with zero attached hydrogens (tertiary/aromatic N) is 2. The third-order valence-electron chi connectivity index (χ3n) is 2.99. The van der Waals surface area contributed by atoms with Gasteiger partial charge in [0.1, 0.15) is 11.3 Å². The Labute approximate surface area is 122 Å². The number of para-hydroxylation sites is 1. The lowest BCUT2D eigenvalue weighted by molar-refractivity contribution is 0.590. The van der Waals surface area contributed by atoms with Crippen LogP contribution >= 0.6 is 23.2 Å². The number of rotatable bonds is 5. The van der Waals surface area contributed by atoms with E-state index in [0.717, 1.165) is 5.52 Å². The third kappa shape index (κ3) is 3.04. The van der Waals surface area contributed by atoms with Gasteiger partial charge in [-0.2, -0.15) is 0 Å². The first-order chi connectivity index (χ1) is 8.98. The summed E-state index contributed by atoms with van der Waals surface area (Å²) in [6.07, 6.45) is 0. The van der Waals surface area contributed by atoms with Crippen LogP contribution in [0, 0.1) is 0 Å². The Balaban J connectivity index is 2.44. The molecule has 7 heteroatoms. The average molecular weight is 321 g/mol. The number of aryl methyl sites for hydroxylation is 1. The molecule has 2 aromatic rings. The Morgan fingerprint density at radius 2 is 2.11 bits per heavy atom. The van der Waals surface area contributed by atoms with Gasteiger partial charge in [0.05, 0.1) is 22.2 Å². The van der Waals surface area contributed by atoms with Gasteiger partial charge in [0.25, 0.3) is 0 Å². The molecule has 0 unspecified atom stereocenters. The second-order valence-electron chi connectivity index (χ2n) is 4.16. The fourth-order valence-corrected chi connectivity index (χ4v) is 3.05. The minimum absolute atomic E-state index is 0.0748. The number of alkyl halides is 1. The maximum absolute atomic E-state index is 11.6. The van der Waals surface area contributed by atoms with Crippen LogP contribution in [0.15, 0.2) is 18.2 Å². The Morgan fingerprint density at radius 1 is 1.37 bits per heavy atom. The highest BCUT2D eigenvalue weighted by molar-refractivity contribution is 7.91. The van der Waals surface area contributed by atoms with Gasteiger partial charge in [-0.05, 0) is 12.1 Å². The van der Waals surface area contributed by atoms with Gasteiger partial charge in [-0.1, -0.05) is 24.6 Å². The summed E-state index contributed by atoms with van der Waals surface area (Å²) in [6, 6.07) is 5.43. The number of hydrogen-bond acceptors (Lipinski definition) is 3. The molecule has 0 spiro atoms. The molecular weight excluding hydrogens is 307 g/mol. The number of halogens is 2. The molecule has 1 aromatic carbocycles. The topological polar surface area (TPSA) is 52.0 Å². The van der Waals surface area contributed by atoms with Gasteiger partial charge >= 0.3 is 0 Å². The standard InChI is InChI=1S/C12H14Cl2N2O2S/c1-2-19(17,18)7-6-16-10-5-3-4-9(14)12(10)15-11(16)8-13/h3-5H,2,6-8H2,1H3. The van der Waals surface area contributed by atoms with E-state index in [1.165, 1.54) is 0 Å². The summed E-state index contributed by atoms with van der Waals surface area (Å²) >= 11 is 11.9. The van der Waals surface area contributed by atoms with Crippen molar-refractivity contribution in [2.24, 2.45) is 0 Å². The van der Waals surface area contributed by atoms with Crippen LogP contribution in [0.5, 0.6) is 0 Å². The van der Waals surface area contributed by atoms with E-state index in [-0.39, 0.29) is 17.4 Å². The van der Waals surface area contributed by atoms with Crippen molar-refractivity contribution in [1.82, 2.24) is 9.55 Å². The summed E-state index contributed by atoms with van der Waals surface area (Å²) in [6.45, 7) is 1.98. The summed E-state index contributed by atoms with van der Waals surface area (Å²) < 4.78 is 25.0. The van der Waals surface area contributed by atoms with Gasteiger partial charge in [-0.15, -0.1) is 11.6 Å². The molecule has 0 saturated carbocycles. The van der Waals surface area contributed by atoms with Crippen LogP contribution in [0.25, 0.3) is 11.0 Å². The molecule has 0 aliphatic rings. The van der Waals surface area contributed by atoms with Crippen LogP contribution in [0.3, 0.4) is 0 Å². The van der Waals surface area contributed by atoms with Crippen LogP contribution in [0.4, 0.5) is 0 Å². The molecule has 4 nitrogen and oxygen atoms in total. The van der Waals surface area contributed by atoms with Crippen molar-refractivity contribution in [3.8, 4) is 0 Å². The fraction of sp³-hybridized carbons (Fsp3) is 0.417. The normalized spacial score (nSPS) is 12.2. The minimum Gasteiger partial charge on any atom is -0.326 e. The van der Waals surface area contributed by atoms with E-state index in [9.17, 15) is 8.42 Å². The number of fused-ring (bicyclic) bond motifs is 1. The zero-order valence-electron chi connectivity index (χ0n) is 10.4. The third-order valence-corrected chi connectivity index (χ3v) is 5.22. The Bertz CT molecular complexity index is 695. The molecule has 0 atom stereocenters. The second-order valence-corrected chi connectivity index (χ2v) is 7.30. The number of benzene rings is 1. The van der Waals surface area contributed by atoms with E-state index >= 15 is 0 Å². The van der Waals surface area contributed by atoms with Crippen LogP contribution < -0.4 is 0 Å². The molecule has 104 valence electrons. The molecule has 1 aromatic heterocycles. The van der Waals surface area contributed by atoms with Crippen molar-refractivity contribution in [2.75, 3.05) is 11.5 Å². The monoisotopic (exact) mass is 320 g/mol. The van der Waals surface area contributed by atoms with Crippen molar-refractivity contribution < 1.29 is 8.42 Å². The molecule has 2 rings (SSSR count). The summed E-state index contributed by atoms with van der Waals surface area (Å²) in [5.41, 5.74) is 1.48. The van der Waals surface area contributed by atoms with Crippen molar-refractivity contribution in [2.45, 2.75) is 19.3 Å². The number of aromatic nitrogens is 2. The van der Waals surface area contributed by atoms with E-state index in [2.05, 4.69) is 4.98 Å². The van der Waals surface area contributed by atoms with Crippen LogP contribution in [0.2, 0.25) is 5.02 Å².